The van der Waals surface area contributed by atoms with Gasteiger partial charge in [-0.25, -0.2) is 0 Å². The Morgan fingerprint density at radius 1 is 1.36 bits per heavy atom. The van der Waals surface area contributed by atoms with Crippen LogP contribution in [0.4, 0.5) is 0 Å². The maximum atomic E-state index is 5.66. The normalized spacial score (nSPS) is 12.8. The zero-order valence-corrected chi connectivity index (χ0v) is 9.81. The van der Waals surface area contributed by atoms with E-state index in [0.29, 0.717) is 5.25 Å². The molecule has 1 rings (SSSR count). The van der Waals surface area contributed by atoms with Crippen LogP contribution >= 0.6 is 11.8 Å². The summed E-state index contributed by atoms with van der Waals surface area (Å²) in [5, 5.41) is 0.606. The lowest BCUT2D eigenvalue weighted by atomic mass is 10.1. The van der Waals surface area contributed by atoms with Crippen molar-refractivity contribution < 1.29 is 0 Å². The summed E-state index contributed by atoms with van der Waals surface area (Å²) in [5.74, 6) is 1.09. The van der Waals surface area contributed by atoms with Gasteiger partial charge in [0.1, 0.15) is 0 Å². The van der Waals surface area contributed by atoms with Crippen LogP contribution in [0.2, 0.25) is 0 Å². The van der Waals surface area contributed by atoms with Crippen LogP contribution in [0.25, 0.3) is 0 Å². The summed E-state index contributed by atoms with van der Waals surface area (Å²) in [4.78, 5) is 0. The average molecular weight is 209 g/mol. The molecule has 2 heteroatoms. The molecule has 0 amide bonds. The molecule has 1 aromatic rings. The lowest BCUT2D eigenvalue weighted by molar-refractivity contribution is 0.826. The Balaban J connectivity index is 2.49. The second-order valence-electron chi connectivity index (χ2n) is 3.50. The van der Waals surface area contributed by atoms with Gasteiger partial charge in [0.15, 0.2) is 0 Å². The van der Waals surface area contributed by atoms with E-state index in [0.717, 1.165) is 18.7 Å². The van der Waals surface area contributed by atoms with Gasteiger partial charge in [-0.15, -0.1) is 0 Å². The minimum Gasteiger partial charge on any atom is -0.329 e. The third-order valence-corrected chi connectivity index (χ3v) is 3.93. The fraction of sp³-hybridized carbons (Fsp3) is 0.500. The van der Waals surface area contributed by atoms with Crippen LogP contribution in [0.15, 0.2) is 24.3 Å². The number of rotatable bonds is 5. The van der Waals surface area contributed by atoms with Crippen LogP contribution < -0.4 is 5.73 Å². The largest absolute Gasteiger partial charge is 0.329 e. The highest BCUT2D eigenvalue weighted by Gasteiger charge is 2.05. The number of nitrogens with two attached hydrogens (primary N) is 1. The first kappa shape index (κ1) is 11.6. The fourth-order valence-electron chi connectivity index (χ4n) is 1.33. The molecule has 0 aliphatic heterocycles. The van der Waals surface area contributed by atoms with Gasteiger partial charge >= 0.3 is 0 Å². The van der Waals surface area contributed by atoms with Crippen molar-refractivity contribution in [3.8, 4) is 0 Å². The molecule has 2 N–H and O–H groups in total. The number of aryl methyl sites for hydroxylation is 1. The van der Waals surface area contributed by atoms with Gasteiger partial charge in [-0.3, -0.25) is 0 Å². The van der Waals surface area contributed by atoms with Crippen molar-refractivity contribution in [2.45, 2.75) is 31.3 Å². The van der Waals surface area contributed by atoms with Crippen molar-refractivity contribution >= 4 is 11.8 Å². The van der Waals surface area contributed by atoms with E-state index >= 15 is 0 Å². The second kappa shape index (κ2) is 6.10. The molecule has 1 unspecified atom stereocenters. The molecule has 1 atom stereocenters. The van der Waals surface area contributed by atoms with E-state index in [1.165, 1.54) is 11.1 Å². The first-order valence-corrected chi connectivity index (χ1v) is 6.19. The van der Waals surface area contributed by atoms with Crippen LogP contribution in [0.1, 0.15) is 24.5 Å². The minimum absolute atomic E-state index is 0.606. The molecular formula is C12H19NS. The number of hydrogen-bond acceptors (Lipinski definition) is 2. The van der Waals surface area contributed by atoms with Crippen molar-refractivity contribution in [1.82, 2.24) is 0 Å². The smallest absolute Gasteiger partial charge is 0.0190 e. The van der Waals surface area contributed by atoms with Crippen LogP contribution in [0, 0.1) is 6.92 Å². The van der Waals surface area contributed by atoms with Gasteiger partial charge in [-0.05, 0) is 24.5 Å². The first-order valence-electron chi connectivity index (χ1n) is 5.14. The first-order chi connectivity index (χ1) is 6.77. The predicted molar refractivity (Wildman–Crippen MR) is 65.6 cm³/mol. The average Bonchev–Trinajstić information content (AvgIpc) is 2.22. The Morgan fingerprint density at radius 2 is 2.07 bits per heavy atom. The predicted octanol–water partition coefficient (Wildman–Crippen LogP) is 2.97. The minimum atomic E-state index is 0.606. The maximum Gasteiger partial charge on any atom is 0.0190 e. The van der Waals surface area contributed by atoms with E-state index in [9.17, 15) is 0 Å². The van der Waals surface area contributed by atoms with E-state index in [1.54, 1.807) is 0 Å². The molecule has 1 nitrogen and oxygen atoms in total. The van der Waals surface area contributed by atoms with Gasteiger partial charge in [-0.1, -0.05) is 31.2 Å². The summed E-state index contributed by atoms with van der Waals surface area (Å²) in [6, 6.07) is 8.56. The zero-order valence-electron chi connectivity index (χ0n) is 8.99. The number of thioether (sulfide) groups is 1. The van der Waals surface area contributed by atoms with Gasteiger partial charge in [0.2, 0.25) is 0 Å². The summed E-state index contributed by atoms with van der Waals surface area (Å²) >= 11 is 1.96. The number of benzene rings is 1. The molecule has 0 aromatic heterocycles. The zero-order chi connectivity index (χ0) is 10.4. The molecule has 0 heterocycles. The maximum absolute atomic E-state index is 5.66. The number of hydrogen-bond donors (Lipinski definition) is 1. The Labute approximate surface area is 91.1 Å². The molecule has 1 aromatic carbocycles. The molecule has 0 aliphatic rings. The molecule has 0 bridgehead atoms. The monoisotopic (exact) mass is 209 g/mol. The fourth-order valence-corrected chi connectivity index (χ4v) is 2.44. The lowest BCUT2D eigenvalue weighted by Crippen LogP contribution is -2.15. The van der Waals surface area contributed by atoms with Crippen molar-refractivity contribution in [2.75, 3.05) is 6.54 Å². The summed E-state index contributed by atoms with van der Waals surface area (Å²) in [5.41, 5.74) is 8.48. The Hall–Kier alpha value is -0.470. The van der Waals surface area contributed by atoms with Gasteiger partial charge in [0.25, 0.3) is 0 Å². The molecule has 0 saturated carbocycles. The van der Waals surface area contributed by atoms with E-state index in [4.69, 9.17) is 5.73 Å². The summed E-state index contributed by atoms with van der Waals surface area (Å²) < 4.78 is 0. The van der Waals surface area contributed by atoms with Gasteiger partial charge in [0.05, 0.1) is 0 Å². The quantitative estimate of drug-likeness (QED) is 0.807. The van der Waals surface area contributed by atoms with Crippen molar-refractivity contribution in [1.29, 1.82) is 0 Å². The van der Waals surface area contributed by atoms with Crippen molar-refractivity contribution in [3.05, 3.63) is 35.4 Å². The van der Waals surface area contributed by atoms with E-state index in [-0.39, 0.29) is 0 Å². The summed E-state index contributed by atoms with van der Waals surface area (Å²) in [6.07, 6.45) is 1.16. The molecule has 14 heavy (non-hydrogen) atoms. The van der Waals surface area contributed by atoms with Gasteiger partial charge in [-0.2, -0.15) is 11.8 Å². The van der Waals surface area contributed by atoms with E-state index in [1.807, 2.05) is 11.8 Å². The molecule has 0 radical (unpaired) electrons. The highest BCUT2D eigenvalue weighted by molar-refractivity contribution is 7.99. The molecular weight excluding hydrogens is 190 g/mol. The SMILES string of the molecule is CCC(CN)SCc1ccccc1C. The van der Waals surface area contributed by atoms with Crippen LogP contribution in [-0.2, 0) is 5.75 Å². The molecule has 0 fully saturated rings. The Bertz CT molecular complexity index is 269. The lowest BCUT2D eigenvalue weighted by Gasteiger charge is -2.12. The summed E-state index contributed by atoms with van der Waals surface area (Å²) in [6.45, 7) is 5.15. The van der Waals surface area contributed by atoms with E-state index < -0.39 is 0 Å². The topological polar surface area (TPSA) is 26.0 Å². The van der Waals surface area contributed by atoms with Crippen LogP contribution in [-0.4, -0.2) is 11.8 Å². The van der Waals surface area contributed by atoms with Crippen molar-refractivity contribution in [3.63, 3.8) is 0 Å². The van der Waals surface area contributed by atoms with Crippen LogP contribution in [0.3, 0.4) is 0 Å². The molecule has 0 aliphatic carbocycles. The molecule has 78 valence electrons. The van der Waals surface area contributed by atoms with E-state index in [2.05, 4.69) is 38.1 Å². The van der Waals surface area contributed by atoms with Gasteiger partial charge < -0.3 is 5.73 Å². The highest BCUT2D eigenvalue weighted by atomic mass is 32.2. The summed E-state index contributed by atoms with van der Waals surface area (Å²) in [7, 11) is 0. The molecule has 0 saturated heterocycles. The third-order valence-electron chi connectivity index (χ3n) is 2.45. The Kier molecular flexibility index (Phi) is 5.05. The second-order valence-corrected chi connectivity index (χ2v) is 4.79. The highest BCUT2D eigenvalue weighted by Crippen LogP contribution is 2.21. The Morgan fingerprint density at radius 3 is 2.64 bits per heavy atom. The van der Waals surface area contributed by atoms with Crippen molar-refractivity contribution in [2.24, 2.45) is 5.73 Å². The van der Waals surface area contributed by atoms with Gasteiger partial charge in [0, 0.05) is 17.5 Å². The van der Waals surface area contributed by atoms with Crippen LogP contribution in [0.5, 0.6) is 0 Å². The third kappa shape index (κ3) is 3.35. The standard InChI is InChI=1S/C12H19NS/c1-3-12(8-13)14-9-11-7-5-4-6-10(11)2/h4-7,12H,3,8-9,13H2,1-2H3. The molecule has 0 spiro atoms.